The molecule has 7 heteroatoms. The van der Waals surface area contributed by atoms with Crippen LogP contribution in [0.25, 0.3) is 0 Å². The number of anilines is 2. The normalized spacial score (nSPS) is 16.3. The van der Waals surface area contributed by atoms with Gasteiger partial charge < -0.3 is 15.0 Å². The molecule has 1 aliphatic heterocycles. The third-order valence-electron chi connectivity index (χ3n) is 4.24. The van der Waals surface area contributed by atoms with Gasteiger partial charge in [0.15, 0.2) is 0 Å². The number of hydrogen-bond donors (Lipinski definition) is 1. The first kappa shape index (κ1) is 17.8. The number of ether oxygens (including phenoxy) is 1. The second-order valence-electron chi connectivity index (χ2n) is 5.90. The van der Waals surface area contributed by atoms with Gasteiger partial charge in [-0.1, -0.05) is 11.6 Å². The number of methoxy groups -OCH3 is 1. The molecule has 132 valence electrons. The summed E-state index contributed by atoms with van der Waals surface area (Å²) in [6, 6.07) is 13.8. The minimum Gasteiger partial charge on any atom is -0.497 e. The Morgan fingerprint density at radius 1 is 1.31 bits per heavy atom. The molecule has 0 spiro atoms. The predicted octanol–water partition coefficient (Wildman–Crippen LogP) is 3.21. The molecule has 0 bridgehead atoms. The van der Waals surface area contributed by atoms with Gasteiger partial charge in [0.25, 0.3) is 0 Å². The lowest BCUT2D eigenvalue weighted by Crippen LogP contribution is -2.28. The van der Waals surface area contributed by atoms with Crippen LogP contribution in [0.4, 0.5) is 11.4 Å². The zero-order valence-corrected chi connectivity index (χ0v) is 14.8. The summed E-state index contributed by atoms with van der Waals surface area (Å²) in [5.41, 5.74) is 1.56. The van der Waals surface area contributed by atoms with E-state index in [4.69, 9.17) is 21.6 Å². The van der Waals surface area contributed by atoms with Gasteiger partial charge in [0.05, 0.1) is 23.6 Å². The summed E-state index contributed by atoms with van der Waals surface area (Å²) in [6.07, 6.45) is 0.141. The average Bonchev–Trinajstić information content (AvgIpc) is 3.04. The SMILES string of the molecule is COc1ccc(N2CC(C(=O)Nc3ccc(C#N)c(Cl)c3)CC2=O)cc1. The van der Waals surface area contributed by atoms with Crippen molar-refractivity contribution in [3.05, 3.63) is 53.1 Å². The monoisotopic (exact) mass is 369 g/mol. The first-order valence-corrected chi connectivity index (χ1v) is 8.34. The van der Waals surface area contributed by atoms with Crippen LogP contribution in [-0.4, -0.2) is 25.5 Å². The van der Waals surface area contributed by atoms with Crippen LogP contribution in [0.1, 0.15) is 12.0 Å². The van der Waals surface area contributed by atoms with Crippen molar-refractivity contribution in [2.24, 2.45) is 5.92 Å². The molecule has 1 saturated heterocycles. The first-order valence-electron chi connectivity index (χ1n) is 7.96. The van der Waals surface area contributed by atoms with Crippen molar-refractivity contribution >= 4 is 34.8 Å². The average molecular weight is 370 g/mol. The Morgan fingerprint density at radius 2 is 2.04 bits per heavy atom. The van der Waals surface area contributed by atoms with E-state index in [0.29, 0.717) is 23.5 Å². The summed E-state index contributed by atoms with van der Waals surface area (Å²) >= 11 is 5.98. The van der Waals surface area contributed by atoms with Crippen LogP contribution in [0.5, 0.6) is 5.75 Å². The van der Waals surface area contributed by atoms with E-state index >= 15 is 0 Å². The van der Waals surface area contributed by atoms with E-state index in [2.05, 4.69) is 5.32 Å². The second-order valence-corrected chi connectivity index (χ2v) is 6.31. The summed E-state index contributed by atoms with van der Waals surface area (Å²) in [5, 5.41) is 11.9. The Balaban J connectivity index is 1.68. The maximum atomic E-state index is 12.5. The Bertz CT molecular complexity index is 890. The summed E-state index contributed by atoms with van der Waals surface area (Å²) in [7, 11) is 1.58. The van der Waals surface area contributed by atoms with Gasteiger partial charge in [-0.15, -0.1) is 0 Å². The van der Waals surface area contributed by atoms with Crippen LogP contribution in [-0.2, 0) is 9.59 Å². The van der Waals surface area contributed by atoms with Crippen molar-refractivity contribution in [2.75, 3.05) is 23.9 Å². The zero-order valence-electron chi connectivity index (χ0n) is 14.0. The van der Waals surface area contributed by atoms with E-state index in [-0.39, 0.29) is 23.3 Å². The van der Waals surface area contributed by atoms with Crippen molar-refractivity contribution in [3.8, 4) is 11.8 Å². The van der Waals surface area contributed by atoms with Crippen LogP contribution in [0.2, 0.25) is 5.02 Å². The molecule has 0 aliphatic carbocycles. The molecule has 1 unspecified atom stereocenters. The molecule has 2 aromatic carbocycles. The van der Waals surface area contributed by atoms with Gasteiger partial charge in [-0.25, -0.2) is 0 Å². The van der Waals surface area contributed by atoms with E-state index in [0.717, 1.165) is 5.69 Å². The van der Waals surface area contributed by atoms with Crippen LogP contribution in [0.3, 0.4) is 0 Å². The topological polar surface area (TPSA) is 82.4 Å². The predicted molar refractivity (Wildman–Crippen MR) is 98.3 cm³/mol. The molecule has 0 radical (unpaired) electrons. The number of halogens is 1. The molecule has 1 heterocycles. The van der Waals surface area contributed by atoms with Crippen LogP contribution in [0.15, 0.2) is 42.5 Å². The highest BCUT2D eigenvalue weighted by Gasteiger charge is 2.35. The number of nitrogens with zero attached hydrogens (tertiary/aromatic N) is 2. The lowest BCUT2D eigenvalue weighted by molar-refractivity contribution is -0.122. The number of carbonyl (C=O) groups is 2. The van der Waals surface area contributed by atoms with Crippen molar-refractivity contribution in [2.45, 2.75) is 6.42 Å². The van der Waals surface area contributed by atoms with E-state index in [1.807, 2.05) is 6.07 Å². The lowest BCUT2D eigenvalue weighted by Gasteiger charge is -2.17. The minimum atomic E-state index is -0.459. The molecule has 1 N–H and O–H groups in total. The standard InChI is InChI=1S/C19H16ClN3O3/c1-26-16-6-4-15(5-7-16)23-11-13(8-18(23)24)19(25)22-14-3-2-12(10-21)17(20)9-14/h2-7,9,13H,8,11H2,1H3,(H,22,25). The summed E-state index contributed by atoms with van der Waals surface area (Å²) in [4.78, 5) is 26.4. The van der Waals surface area contributed by atoms with Gasteiger partial charge in [-0.3, -0.25) is 9.59 Å². The molecule has 26 heavy (non-hydrogen) atoms. The molecule has 1 atom stereocenters. The summed E-state index contributed by atoms with van der Waals surface area (Å²) < 4.78 is 5.11. The van der Waals surface area contributed by atoms with Crippen molar-refractivity contribution in [1.29, 1.82) is 5.26 Å². The summed E-state index contributed by atoms with van der Waals surface area (Å²) in [6.45, 7) is 0.307. The Morgan fingerprint density at radius 3 is 2.65 bits per heavy atom. The van der Waals surface area contributed by atoms with Crippen LogP contribution >= 0.6 is 11.6 Å². The van der Waals surface area contributed by atoms with E-state index < -0.39 is 5.92 Å². The van der Waals surface area contributed by atoms with Gasteiger partial charge in [-0.05, 0) is 42.5 Å². The van der Waals surface area contributed by atoms with Crippen LogP contribution < -0.4 is 15.0 Å². The van der Waals surface area contributed by atoms with Crippen molar-refractivity contribution in [1.82, 2.24) is 0 Å². The molecule has 2 amide bonds. The van der Waals surface area contributed by atoms with Gasteiger partial charge in [0.2, 0.25) is 11.8 Å². The fraction of sp³-hybridized carbons (Fsp3) is 0.211. The molecule has 3 rings (SSSR count). The molecule has 0 aromatic heterocycles. The molecule has 1 fully saturated rings. The maximum absolute atomic E-state index is 12.5. The van der Waals surface area contributed by atoms with Gasteiger partial charge in [-0.2, -0.15) is 5.26 Å². The molecular weight excluding hydrogens is 354 g/mol. The lowest BCUT2D eigenvalue weighted by atomic mass is 10.1. The Labute approximate surface area is 155 Å². The van der Waals surface area contributed by atoms with Gasteiger partial charge >= 0.3 is 0 Å². The number of nitriles is 1. The number of benzene rings is 2. The highest BCUT2D eigenvalue weighted by Crippen LogP contribution is 2.28. The number of nitrogens with one attached hydrogen (secondary N) is 1. The highest BCUT2D eigenvalue weighted by molar-refractivity contribution is 6.32. The smallest absolute Gasteiger partial charge is 0.229 e. The molecule has 0 saturated carbocycles. The molecule has 2 aromatic rings. The molecule has 6 nitrogen and oxygen atoms in total. The molecular formula is C19H16ClN3O3. The Kier molecular flexibility index (Phi) is 5.10. The quantitative estimate of drug-likeness (QED) is 0.897. The van der Waals surface area contributed by atoms with Crippen molar-refractivity contribution in [3.63, 3.8) is 0 Å². The second kappa shape index (κ2) is 7.46. The largest absolute Gasteiger partial charge is 0.497 e. The third-order valence-corrected chi connectivity index (χ3v) is 4.55. The number of amides is 2. The Hall–Kier alpha value is -3.04. The maximum Gasteiger partial charge on any atom is 0.229 e. The van der Waals surface area contributed by atoms with Crippen LogP contribution in [0, 0.1) is 17.2 Å². The van der Waals surface area contributed by atoms with E-state index in [1.165, 1.54) is 6.07 Å². The minimum absolute atomic E-state index is 0.104. The third kappa shape index (κ3) is 3.63. The van der Waals surface area contributed by atoms with Crippen molar-refractivity contribution < 1.29 is 14.3 Å². The van der Waals surface area contributed by atoms with Gasteiger partial charge in [0.1, 0.15) is 11.8 Å². The fourth-order valence-corrected chi connectivity index (χ4v) is 3.05. The number of carbonyl (C=O) groups excluding carboxylic acids is 2. The summed E-state index contributed by atoms with van der Waals surface area (Å²) in [5.74, 6) is -0.116. The number of rotatable bonds is 4. The molecule has 1 aliphatic rings. The fourth-order valence-electron chi connectivity index (χ4n) is 2.82. The van der Waals surface area contributed by atoms with Gasteiger partial charge in [0, 0.05) is 24.3 Å². The first-order chi connectivity index (χ1) is 12.5. The highest BCUT2D eigenvalue weighted by atomic mass is 35.5. The van der Waals surface area contributed by atoms with E-state index in [9.17, 15) is 9.59 Å². The number of hydrogen-bond acceptors (Lipinski definition) is 4. The zero-order chi connectivity index (χ0) is 18.7. The van der Waals surface area contributed by atoms with E-state index in [1.54, 1.807) is 48.4 Å².